The van der Waals surface area contributed by atoms with Gasteiger partial charge in [-0.05, 0) is 37.8 Å². The summed E-state index contributed by atoms with van der Waals surface area (Å²) in [5.74, 6) is 0.818. The van der Waals surface area contributed by atoms with E-state index in [-0.39, 0.29) is 5.78 Å². The number of carbonyl (C=O) groups excluding carboxylic acids is 1. The topological polar surface area (TPSA) is 59.0 Å². The zero-order valence-corrected chi connectivity index (χ0v) is 13.7. The van der Waals surface area contributed by atoms with Crippen molar-refractivity contribution in [2.45, 2.75) is 31.8 Å². The largest absolute Gasteiger partial charge is 0.493 e. The van der Waals surface area contributed by atoms with Gasteiger partial charge in [0.1, 0.15) is 0 Å². The Bertz CT molecular complexity index is 748. The van der Waals surface area contributed by atoms with Gasteiger partial charge >= 0.3 is 0 Å². The molecule has 0 spiro atoms. The summed E-state index contributed by atoms with van der Waals surface area (Å²) in [5, 5.41) is 11.0. The van der Waals surface area contributed by atoms with Crippen molar-refractivity contribution in [3.8, 4) is 11.5 Å². The predicted molar refractivity (Wildman–Crippen MR) is 85.6 cm³/mol. The van der Waals surface area contributed by atoms with Crippen molar-refractivity contribution in [1.82, 2.24) is 4.90 Å². The highest BCUT2D eigenvalue weighted by Crippen LogP contribution is 2.53. The van der Waals surface area contributed by atoms with Crippen LogP contribution in [0.4, 0.5) is 0 Å². The number of carbonyl (C=O) groups is 1. The van der Waals surface area contributed by atoms with Crippen molar-refractivity contribution >= 4 is 11.4 Å². The Balaban J connectivity index is 2.12. The first-order valence-corrected chi connectivity index (χ1v) is 8.04. The van der Waals surface area contributed by atoms with Crippen molar-refractivity contribution in [2.75, 3.05) is 27.3 Å². The third kappa shape index (κ3) is 1.74. The maximum absolute atomic E-state index is 13.0. The van der Waals surface area contributed by atoms with Gasteiger partial charge in [-0.25, -0.2) is 0 Å². The van der Waals surface area contributed by atoms with Gasteiger partial charge in [-0.15, -0.1) is 0 Å². The van der Waals surface area contributed by atoms with Gasteiger partial charge in [0, 0.05) is 35.5 Å². The maximum Gasteiger partial charge on any atom is 0.201 e. The molecular formula is C18H21NO4. The zero-order chi connectivity index (χ0) is 16.4. The van der Waals surface area contributed by atoms with Crippen LogP contribution in [-0.4, -0.2) is 43.1 Å². The van der Waals surface area contributed by atoms with Crippen LogP contribution in [0.1, 0.15) is 36.5 Å². The van der Waals surface area contributed by atoms with Crippen LogP contribution in [0.15, 0.2) is 11.8 Å². The number of methoxy groups -OCH3 is 2. The molecule has 3 aliphatic rings. The number of ketones is 1. The third-order valence-corrected chi connectivity index (χ3v) is 5.32. The highest BCUT2D eigenvalue weighted by molar-refractivity contribution is 6.30. The molecule has 5 nitrogen and oxygen atoms in total. The average Bonchev–Trinajstić information content (AvgIpc) is 3.02. The first-order chi connectivity index (χ1) is 11.0. The number of hydrogen-bond donors (Lipinski definition) is 1. The lowest BCUT2D eigenvalue weighted by atomic mass is 9.93. The van der Waals surface area contributed by atoms with E-state index in [0.717, 1.165) is 49.2 Å². The Hall–Kier alpha value is -2.01. The Morgan fingerprint density at radius 2 is 2.00 bits per heavy atom. The van der Waals surface area contributed by atoms with E-state index in [9.17, 15) is 9.90 Å². The third-order valence-electron chi connectivity index (χ3n) is 5.32. The van der Waals surface area contributed by atoms with Crippen molar-refractivity contribution in [1.29, 1.82) is 0 Å². The molecule has 4 rings (SSSR count). The molecule has 0 saturated carbocycles. The fourth-order valence-electron chi connectivity index (χ4n) is 4.26. The number of hydrogen-bond acceptors (Lipinski definition) is 5. The summed E-state index contributed by atoms with van der Waals surface area (Å²) >= 11 is 0. The zero-order valence-electron chi connectivity index (χ0n) is 13.7. The fraction of sp³-hybridized carbons (Fsp3) is 0.500. The summed E-state index contributed by atoms with van der Waals surface area (Å²) in [6, 6.07) is 1.95. The number of benzene rings is 1. The van der Waals surface area contributed by atoms with Gasteiger partial charge in [-0.2, -0.15) is 0 Å². The molecule has 1 fully saturated rings. The Morgan fingerprint density at radius 3 is 2.70 bits per heavy atom. The van der Waals surface area contributed by atoms with E-state index in [4.69, 9.17) is 9.47 Å². The highest BCUT2D eigenvalue weighted by atomic mass is 16.5. The van der Waals surface area contributed by atoms with Crippen LogP contribution in [0.5, 0.6) is 11.5 Å². The van der Waals surface area contributed by atoms with Gasteiger partial charge in [-0.1, -0.05) is 0 Å². The number of ether oxygens (including phenoxy) is 2. The lowest BCUT2D eigenvalue weighted by molar-refractivity contribution is -0.129. The lowest BCUT2D eigenvalue weighted by Crippen LogP contribution is -2.29. The first-order valence-electron chi connectivity index (χ1n) is 8.04. The molecule has 0 aromatic heterocycles. The second kappa shape index (κ2) is 4.74. The van der Waals surface area contributed by atoms with E-state index in [1.807, 2.05) is 6.07 Å². The van der Waals surface area contributed by atoms with Crippen LogP contribution in [-0.2, 0) is 16.8 Å². The van der Waals surface area contributed by atoms with Gasteiger partial charge in [0.05, 0.1) is 14.2 Å². The lowest BCUT2D eigenvalue weighted by Gasteiger charge is -2.23. The second-order valence-electron chi connectivity index (χ2n) is 6.58. The summed E-state index contributed by atoms with van der Waals surface area (Å²) in [5.41, 5.74) is 2.70. The standard InChI is InChI=1S/C18H21NO4/c1-18(21)15-13-10(9-12(22-2)16(15)23-3)6-8-19-7-4-5-11(19)14(13)17(18)20/h9,21H,4-8H2,1-3H3/t18-/m0/s1. The highest BCUT2D eigenvalue weighted by Gasteiger charge is 2.51. The van der Waals surface area contributed by atoms with Crippen LogP contribution in [0, 0.1) is 0 Å². The van der Waals surface area contributed by atoms with Crippen LogP contribution in [0.25, 0.3) is 5.57 Å². The van der Waals surface area contributed by atoms with Crippen molar-refractivity contribution < 1.29 is 19.4 Å². The van der Waals surface area contributed by atoms with Crippen molar-refractivity contribution in [3.05, 3.63) is 28.5 Å². The van der Waals surface area contributed by atoms with E-state index >= 15 is 0 Å². The Labute approximate surface area is 135 Å². The van der Waals surface area contributed by atoms with Crippen molar-refractivity contribution in [2.24, 2.45) is 0 Å². The van der Waals surface area contributed by atoms with Crippen LogP contribution >= 0.6 is 0 Å². The minimum Gasteiger partial charge on any atom is -0.493 e. The number of rotatable bonds is 2. The Morgan fingerprint density at radius 1 is 1.22 bits per heavy atom. The fourth-order valence-corrected chi connectivity index (χ4v) is 4.26. The number of allylic oxidation sites excluding steroid dienone is 1. The number of Topliss-reactive ketones (excluding diaryl/α,β-unsaturated/α-hetero) is 1. The van der Waals surface area contributed by atoms with Gasteiger partial charge in [0.15, 0.2) is 17.1 Å². The molecular weight excluding hydrogens is 294 g/mol. The van der Waals surface area contributed by atoms with Crippen LogP contribution < -0.4 is 9.47 Å². The summed E-state index contributed by atoms with van der Waals surface area (Å²) < 4.78 is 11.0. The maximum atomic E-state index is 13.0. The smallest absolute Gasteiger partial charge is 0.201 e. The Kier molecular flexibility index (Phi) is 3.00. The molecule has 0 bridgehead atoms. The minimum atomic E-state index is -1.57. The summed E-state index contributed by atoms with van der Waals surface area (Å²) in [6.45, 7) is 3.44. The van der Waals surface area contributed by atoms with Gasteiger partial charge in [0.25, 0.3) is 0 Å². The number of nitrogens with zero attached hydrogens (tertiary/aromatic N) is 1. The average molecular weight is 315 g/mol. The molecule has 23 heavy (non-hydrogen) atoms. The quantitative estimate of drug-likeness (QED) is 0.903. The second-order valence-corrected chi connectivity index (χ2v) is 6.58. The number of aliphatic hydroxyl groups is 1. The van der Waals surface area contributed by atoms with Crippen LogP contribution in [0.3, 0.4) is 0 Å². The molecule has 122 valence electrons. The van der Waals surface area contributed by atoms with E-state index in [2.05, 4.69) is 4.90 Å². The summed E-state index contributed by atoms with van der Waals surface area (Å²) in [4.78, 5) is 15.3. The van der Waals surface area contributed by atoms with Gasteiger partial charge in [-0.3, -0.25) is 4.79 Å². The molecule has 0 amide bonds. The molecule has 0 unspecified atom stereocenters. The van der Waals surface area contributed by atoms with Crippen LogP contribution in [0.2, 0.25) is 0 Å². The van der Waals surface area contributed by atoms with Gasteiger partial charge in [0.2, 0.25) is 5.78 Å². The van der Waals surface area contributed by atoms with Gasteiger partial charge < -0.3 is 19.5 Å². The molecule has 1 aromatic rings. The summed E-state index contributed by atoms with van der Waals surface area (Å²) in [7, 11) is 3.13. The normalized spacial score (nSPS) is 25.4. The van der Waals surface area contributed by atoms with E-state index in [1.54, 1.807) is 21.1 Å². The molecule has 0 radical (unpaired) electrons. The van der Waals surface area contributed by atoms with E-state index < -0.39 is 5.60 Å². The first kappa shape index (κ1) is 14.6. The minimum absolute atomic E-state index is 0.218. The molecule has 1 aromatic carbocycles. The monoisotopic (exact) mass is 315 g/mol. The summed E-state index contributed by atoms with van der Waals surface area (Å²) in [6.07, 6.45) is 2.79. The van der Waals surface area contributed by atoms with E-state index in [1.165, 1.54) is 0 Å². The SMILES string of the molecule is COc1cc2c3c(c1OC)[C@](C)(O)C(=O)C3=C1CCCN1CC2. The number of fused-ring (bicyclic) bond motifs is 1. The molecule has 1 saturated heterocycles. The predicted octanol–water partition coefficient (Wildman–Crippen LogP) is 1.86. The molecule has 2 aliphatic heterocycles. The molecule has 2 heterocycles. The molecule has 5 heteroatoms. The molecule has 1 N–H and O–H groups in total. The molecule has 1 aliphatic carbocycles. The van der Waals surface area contributed by atoms with E-state index in [0.29, 0.717) is 22.6 Å². The van der Waals surface area contributed by atoms with Crippen molar-refractivity contribution in [3.63, 3.8) is 0 Å². The molecule has 1 atom stereocenters.